The van der Waals surface area contributed by atoms with Gasteiger partial charge in [0, 0.05) is 10.4 Å². The highest BCUT2D eigenvalue weighted by Gasteiger charge is 2.14. The molecular formula is C19H35ClO. The van der Waals surface area contributed by atoms with Crippen LogP contribution < -0.4 is 0 Å². The van der Waals surface area contributed by atoms with Gasteiger partial charge >= 0.3 is 0 Å². The first-order valence-electron chi connectivity index (χ1n) is 7.51. The van der Waals surface area contributed by atoms with E-state index in [2.05, 4.69) is 13.2 Å². The highest BCUT2D eigenvalue weighted by atomic mass is 35.5. The average Bonchev–Trinajstić information content (AvgIpc) is 2.38. The van der Waals surface area contributed by atoms with Gasteiger partial charge < -0.3 is 5.11 Å². The Morgan fingerprint density at radius 3 is 1.57 bits per heavy atom. The lowest BCUT2D eigenvalue weighted by Gasteiger charge is -2.16. The van der Waals surface area contributed by atoms with Gasteiger partial charge in [-0.2, -0.15) is 0 Å². The summed E-state index contributed by atoms with van der Waals surface area (Å²) in [6, 6.07) is 0. The first kappa shape index (κ1) is 25.0. The van der Waals surface area contributed by atoms with E-state index >= 15 is 0 Å². The maximum absolute atomic E-state index is 9.36. The van der Waals surface area contributed by atoms with E-state index in [4.69, 9.17) is 11.6 Å². The van der Waals surface area contributed by atoms with Gasteiger partial charge in [0.1, 0.15) is 0 Å². The maximum Gasteiger partial charge on any atom is 0.0978 e. The Labute approximate surface area is 138 Å². The number of allylic oxidation sites excluding steroid dienone is 6. The second-order valence-electron chi connectivity index (χ2n) is 5.79. The molecule has 21 heavy (non-hydrogen) atoms. The van der Waals surface area contributed by atoms with Gasteiger partial charge in [0.2, 0.25) is 0 Å². The summed E-state index contributed by atoms with van der Waals surface area (Å²) in [6.45, 7) is 25.2. The van der Waals surface area contributed by atoms with Crippen molar-refractivity contribution in [2.45, 2.75) is 68.7 Å². The van der Waals surface area contributed by atoms with Crippen LogP contribution in [0.15, 0.2) is 46.7 Å². The van der Waals surface area contributed by atoms with Crippen LogP contribution in [0.5, 0.6) is 0 Å². The minimum absolute atomic E-state index is 0.154. The molecule has 124 valence electrons. The van der Waals surface area contributed by atoms with Crippen LogP contribution in [0.1, 0.15) is 68.7 Å². The Morgan fingerprint density at radius 2 is 1.48 bits per heavy atom. The quantitative estimate of drug-likeness (QED) is 0.421. The molecule has 0 radical (unpaired) electrons. The smallest absolute Gasteiger partial charge is 0.0978 e. The average molecular weight is 315 g/mol. The predicted octanol–water partition coefficient (Wildman–Crippen LogP) is 7.56. The summed E-state index contributed by atoms with van der Waals surface area (Å²) >= 11 is 5.83. The first-order chi connectivity index (χ1) is 9.43. The van der Waals surface area contributed by atoms with Crippen LogP contribution >= 0.6 is 11.6 Å². The molecule has 0 rings (SSSR count). The third-order valence-corrected chi connectivity index (χ3v) is 3.06. The van der Waals surface area contributed by atoms with Crippen LogP contribution in [0.4, 0.5) is 0 Å². The van der Waals surface area contributed by atoms with Crippen LogP contribution in [-0.2, 0) is 0 Å². The van der Waals surface area contributed by atoms with E-state index in [1.165, 1.54) is 0 Å². The SMILES string of the molecule is C=C(C)/C(C)=C(/Cl)CC.C=C(C)/C=C(\O)C(C)(C)C.CC. The monoisotopic (exact) mass is 314 g/mol. The summed E-state index contributed by atoms with van der Waals surface area (Å²) < 4.78 is 0. The predicted molar refractivity (Wildman–Crippen MR) is 100.0 cm³/mol. The van der Waals surface area contributed by atoms with Crippen LogP contribution in [-0.4, -0.2) is 5.11 Å². The Kier molecular flexibility index (Phi) is 15.2. The third-order valence-electron chi connectivity index (χ3n) is 2.51. The van der Waals surface area contributed by atoms with Crippen molar-refractivity contribution in [2.24, 2.45) is 5.41 Å². The molecule has 0 aromatic carbocycles. The van der Waals surface area contributed by atoms with E-state index in [0.717, 1.165) is 28.2 Å². The van der Waals surface area contributed by atoms with Crippen LogP contribution in [0, 0.1) is 5.41 Å². The molecule has 0 aliphatic rings. The molecule has 1 N–H and O–H groups in total. The fourth-order valence-corrected chi connectivity index (χ4v) is 1.11. The number of hydrogen-bond acceptors (Lipinski definition) is 1. The highest BCUT2D eigenvalue weighted by molar-refractivity contribution is 6.30. The fraction of sp³-hybridized carbons (Fsp3) is 0.579. The largest absolute Gasteiger partial charge is 0.512 e. The zero-order valence-electron chi connectivity index (χ0n) is 15.5. The van der Waals surface area contributed by atoms with E-state index in [9.17, 15) is 5.11 Å². The number of aliphatic hydroxyl groups excluding tert-OH is 1. The van der Waals surface area contributed by atoms with Crippen molar-refractivity contribution in [3.05, 3.63) is 46.7 Å². The highest BCUT2D eigenvalue weighted by Crippen LogP contribution is 2.23. The molecule has 0 bridgehead atoms. The second kappa shape index (κ2) is 12.8. The van der Waals surface area contributed by atoms with Gasteiger partial charge in [-0.1, -0.05) is 77.4 Å². The van der Waals surface area contributed by atoms with Gasteiger partial charge in [0.15, 0.2) is 0 Å². The molecule has 0 atom stereocenters. The lowest BCUT2D eigenvalue weighted by Crippen LogP contribution is -2.08. The first-order valence-corrected chi connectivity index (χ1v) is 7.89. The van der Waals surface area contributed by atoms with E-state index in [1.54, 1.807) is 6.08 Å². The molecule has 0 fully saturated rings. The molecule has 0 aliphatic heterocycles. The van der Waals surface area contributed by atoms with Crippen LogP contribution in [0.25, 0.3) is 0 Å². The van der Waals surface area contributed by atoms with E-state index in [0.29, 0.717) is 5.76 Å². The molecule has 0 saturated carbocycles. The Bertz CT molecular complexity index is 379. The standard InChI is InChI=1S/C9H16O.C8H13Cl.C2H6/c1-7(2)6-8(10)9(3,4)5;1-5-8(9)7(4)6(2)3;1-2/h6,10H,1H2,2-5H3;2,5H2,1,3-4H3;1-2H3/b8-6-;8-7+;. The molecular weight excluding hydrogens is 280 g/mol. The van der Waals surface area contributed by atoms with E-state index in [1.807, 2.05) is 62.3 Å². The fourth-order valence-electron chi connectivity index (χ4n) is 0.947. The van der Waals surface area contributed by atoms with Gasteiger partial charge in [0.05, 0.1) is 5.76 Å². The van der Waals surface area contributed by atoms with E-state index in [-0.39, 0.29) is 5.41 Å². The zero-order valence-corrected chi connectivity index (χ0v) is 16.3. The summed E-state index contributed by atoms with van der Waals surface area (Å²) in [5.41, 5.74) is 2.91. The van der Waals surface area contributed by atoms with Crippen molar-refractivity contribution >= 4 is 11.6 Å². The number of rotatable bonds is 3. The van der Waals surface area contributed by atoms with Crippen LogP contribution in [0.2, 0.25) is 0 Å². The van der Waals surface area contributed by atoms with Crippen LogP contribution in [0.3, 0.4) is 0 Å². The molecule has 0 saturated heterocycles. The lowest BCUT2D eigenvalue weighted by molar-refractivity contribution is 0.277. The Morgan fingerprint density at radius 1 is 1.10 bits per heavy atom. The molecule has 2 heteroatoms. The Hall–Kier alpha value is -0.950. The third kappa shape index (κ3) is 15.3. The van der Waals surface area contributed by atoms with Crippen molar-refractivity contribution in [2.75, 3.05) is 0 Å². The van der Waals surface area contributed by atoms with Gasteiger partial charge in [-0.05, 0) is 38.8 Å². The minimum atomic E-state index is -0.154. The normalized spacial score (nSPS) is 12.2. The number of aliphatic hydroxyl groups is 1. The molecule has 0 aromatic rings. The van der Waals surface area contributed by atoms with Crippen molar-refractivity contribution < 1.29 is 5.11 Å². The van der Waals surface area contributed by atoms with Crippen molar-refractivity contribution in [3.8, 4) is 0 Å². The number of hydrogen-bond donors (Lipinski definition) is 1. The summed E-state index contributed by atoms with van der Waals surface area (Å²) in [5.74, 6) is 0.389. The van der Waals surface area contributed by atoms with Gasteiger partial charge in [0.25, 0.3) is 0 Å². The summed E-state index contributed by atoms with van der Waals surface area (Å²) in [7, 11) is 0. The summed E-state index contributed by atoms with van der Waals surface area (Å²) in [6.07, 6.45) is 2.60. The molecule has 0 aliphatic carbocycles. The van der Waals surface area contributed by atoms with Gasteiger partial charge in [-0.3, -0.25) is 0 Å². The molecule has 0 aromatic heterocycles. The molecule has 0 amide bonds. The number of halogens is 1. The summed E-state index contributed by atoms with van der Waals surface area (Å²) in [5, 5.41) is 10.3. The Balaban J connectivity index is -0.000000277. The van der Waals surface area contributed by atoms with E-state index < -0.39 is 0 Å². The van der Waals surface area contributed by atoms with Crippen molar-refractivity contribution in [1.29, 1.82) is 0 Å². The second-order valence-corrected chi connectivity index (χ2v) is 6.25. The molecule has 0 heterocycles. The molecule has 0 unspecified atom stereocenters. The van der Waals surface area contributed by atoms with Crippen molar-refractivity contribution in [1.82, 2.24) is 0 Å². The molecule has 0 spiro atoms. The topological polar surface area (TPSA) is 20.2 Å². The summed E-state index contributed by atoms with van der Waals surface area (Å²) in [4.78, 5) is 0. The van der Waals surface area contributed by atoms with Gasteiger partial charge in [-0.15, -0.1) is 0 Å². The lowest BCUT2D eigenvalue weighted by atomic mass is 9.93. The minimum Gasteiger partial charge on any atom is -0.512 e. The maximum atomic E-state index is 9.36. The molecule has 1 nitrogen and oxygen atoms in total. The zero-order chi connectivity index (χ0) is 17.8. The van der Waals surface area contributed by atoms with Crippen molar-refractivity contribution in [3.63, 3.8) is 0 Å². The van der Waals surface area contributed by atoms with Gasteiger partial charge in [-0.25, -0.2) is 0 Å².